The third kappa shape index (κ3) is 4.67. The highest BCUT2D eigenvalue weighted by Gasteiger charge is 2.35. The molecule has 0 amide bonds. The molecule has 0 N–H and O–H groups in total. The Balaban J connectivity index is 2.04. The Bertz CT molecular complexity index is 1140. The summed E-state index contributed by atoms with van der Waals surface area (Å²) in [5.41, 5.74) is -5.00. The lowest BCUT2D eigenvalue weighted by atomic mass is 9.99. The summed E-state index contributed by atoms with van der Waals surface area (Å²) in [5, 5.41) is -0.296. The van der Waals surface area contributed by atoms with Gasteiger partial charge < -0.3 is 9.64 Å². The van der Waals surface area contributed by atoms with Crippen molar-refractivity contribution in [2.75, 3.05) is 20.1 Å². The van der Waals surface area contributed by atoms with Crippen LogP contribution in [0.15, 0.2) is 27.8 Å². The molecule has 1 saturated heterocycles. The second kappa shape index (κ2) is 8.46. The number of halogens is 5. The van der Waals surface area contributed by atoms with Gasteiger partial charge in [0.1, 0.15) is 11.5 Å². The number of likely N-dealkylation sites (tertiary alicyclic amines) is 1. The molecule has 31 heavy (non-hydrogen) atoms. The van der Waals surface area contributed by atoms with Crippen molar-refractivity contribution in [2.45, 2.75) is 19.0 Å². The summed E-state index contributed by atoms with van der Waals surface area (Å²) in [5.74, 6) is -2.55. The normalized spacial score (nSPS) is 17.6. The number of alkyl halides is 3. The molecule has 168 valence electrons. The van der Waals surface area contributed by atoms with Gasteiger partial charge in [-0.2, -0.15) is 13.2 Å². The minimum atomic E-state index is -4.96. The van der Waals surface area contributed by atoms with Gasteiger partial charge in [-0.1, -0.05) is 11.6 Å². The maximum absolute atomic E-state index is 14.5. The van der Waals surface area contributed by atoms with Crippen molar-refractivity contribution in [3.8, 4) is 11.4 Å². The van der Waals surface area contributed by atoms with Gasteiger partial charge in [0.25, 0.3) is 5.56 Å². The average Bonchev–Trinajstić information content (AvgIpc) is 2.67. The molecule has 2 aromatic rings. The fourth-order valence-corrected chi connectivity index (χ4v) is 3.63. The molecule has 12 heteroatoms. The van der Waals surface area contributed by atoms with Gasteiger partial charge in [0.15, 0.2) is 5.75 Å². The summed E-state index contributed by atoms with van der Waals surface area (Å²) in [6.07, 6.45) is -3.61. The van der Waals surface area contributed by atoms with E-state index in [1.54, 1.807) is 0 Å². The third-order valence-corrected chi connectivity index (χ3v) is 5.32. The van der Waals surface area contributed by atoms with E-state index in [4.69, 9.17) is 16.3 Å². The van der Waals surface area contributed by atoms with Crippen molar-refractivity contribution < 1.29 is 27.1 Å². The molecule has 7 nitrogen and oxygen atoms in total. The van der Waals surface area contributed by atoms with Gasteiger partial charge in [-0.05, 0) is 32.5 Å². The number of nitrogens with zero attached hydrogens (tertiary/aromatic N) is 3. The molecule has 1 aliphatic rings. The molecule has 0 radical (unpaired) electrons. The molecular weight excluding hydrogens is 446 g/mol. The Morgan fingerprint density at radius 2 is 1.87 bits per heavy atom. The van der Waals surface area contributed by atoms with Crippen molar-refractivity contribution in [3.05, 3.63) is 55.6 Å². The van der Waals surface area contributed by atoms with Crippen LogP contribution in [-0.4, -0.2) is 40.1 Å². The fourth-order valence-electron chi connectivity index (χ4n) is 3.44. The lowest BCUT2D eigenvalue weighted by Crippen LogP contribution is -2.41. The molecule has 1 fully saturated rings. The van der Waals surface area contributed by atoms with Gasteiger partial charge in [0.05, 0.1) is 16.6 Å². The monoisotopic (exact) mass is 463 g/mol. The third-order valence-electron chi connectivity index (χ3n) is 5.02. The number of aromatic nitrogens is 2. The first-order chi connectivity index (χ1) is 14.4. The number of carbonyl (C=O) groups excluding carboxylic acids is 1. The number of piperidine rings is 1. The molecule has 1 aromatic carbocycles. The van der Waals surface area contributed by atoms with Crippen LogP contribution in [0.4, 0.5) is 17.6 Å². The first-order valence-corrected chi connectivity index (χ1v) is 9.58. The standard InChI is InChI=1S/C19H18ClF4N3O4/c1-25-5-3-4-10(9-25)17(29)31-14-7-13(12(21)6-11(14)20)27-16(28)8-15(19(22,23)24)26(2)18(27)30/h6-8,10H,3-5,9H2,1-2H3. The first kappa shape index (κ1) is 23.0. The number of benzene rings is 1. The Morgan fingerprint density at radius 1 is 1.19 bits per heavy atom. The zero-order chi connectivity index (χ0) is 23.1. The molecule has 0 saturated carbocycles. The van der Waals surface area contributed by atoms with Gasteiger partial charge in [0, 0.05) is 25.7 Å². The predicted octanol–water partition coefficient (Wildman–Crippen LogP) is 2.59. The molecule has 1 atom stereocenters. The Morgan fingerprint density at radius 3 is 2.48 bits per heavy atom. The van der Waals surface area contributed by atoms with Gasteiger partial charge in [0.2, 0.25) is 0 Å². The molecule has 1 aliphatic heterocycles. The predicted molar refractivity (Wildman–Crippen MR) is 103 cm³/mol. The zero-order valence-electron chi connectivity index (χ0n) is 16.5. The molecule has 1 aromatic heterocycles. The highest BCUT2D eigenvalue weighted by atomic mass is 35.5. The molecule has 0 aliphatic carbocycles. The van der Waals surface area contributed by atoms with E-state index in [2.05, 4.69) is 0 Å². The van der Waals surface area contributed by atoms with Crippen LogP contribution in [-0.2, 0) is 18.0 Å². The van der Waals surface area contributed by atoms with E-state index >= 15 is 0 Å². The lowest BCUT2D eigenvalue weighted by Gasteiger charge is -2.28. The molecule has 0 bridgehead atoms. The van der Waals surface area contributed by atoms with E-state index in [9.17, 15) is 31.9 Å². The van der Waals surface area contributed by atoms with Crippen LogP contribution in [0, 0.1) is 11.7 Å². The van der Waals surface area contributed by atoms with Gasteiger partial charge in [-0.3, -0.25) is 14.2 Å². The highest BCUT2D eigenvalue weighted by Crippen LogP contribution is 2.31. The van der Waals surface area contributed by atoms with Crippen molar-refractivity contribution in [1.29, 1.82) is 0 Å². The van der Waals surface area contributed by atoms with Crippen LogP contribution in [0.5, 0.6) is 5.75 Å². The quantitative estimate of drug-likeness (QED) is 0.397. The van der Waals surface area contributed by atoms with Crippen LogP contribution in [0.25, 0.3) is 5.69 Å². The molecule has 3 rings (SSSR count). The lowest BCUT2D eigenvalue weighted by molar-refractivity contribution is -0.144. The largest absolute Gasteiger partial charge is 0.431 e. The second-order valence-electron chi connectivity index (χ2n) is 7.30. The van der Waals surface area contributed by atoms with E-state index in [-0.39, 0.29) is 26.0 Å². The molecule has 2 heterocycles. The summed E-state index contributed by atoms with van der Waals surface area (Å²) < 4.78 is 59.3. The summed E-state index contributed by atoms with van der Waals surface area (Å²) >= 11 is 5.95. The number of hydrogen-bond acceptors (Lipinski definition) is 5. The topological polar surface area (TPSA) is 73.5 Å². The van der Waals surface area contributed by atoms with E-state index in [0.29, 0.717) is 13.0 Å². The maximum atomic E-state index is 14.5. The second-order valence-corrected chi connectivity index (χ2v) is 7.71. The van der Waals surface area contributed by atoms with Gasteiger partial charge in [-0.25, -0.2) is 13.8 Å². The van der Waals surface area contributed by atoms with Crippen LogP contribution >= 0.6 is 11.6 Å². The summed E-state index contributed by atoms with van der Waals surface area (Å²) in [6, 6.07) is 1.74. The average molecular weight is 464 g/mol. The molecule has 1 unspecified atom stereocenters. The number of hydrogen-bond donors (Lipinski definition) is 0. The van der Waals surface area contributed by atoms with Crippen LogP contribution < -0.4 is 16.0 Å². The van der Waals surface area contributed by atoms with Crippen LogP contribution in [0.2, 0.25) is 5.02 Å². The summed E-state index contributed by atoms with van der Waals surface area (Å²) in [7, 11) is 2.64. The number of rotatable bonds is 3. The van der Waals surface area contributed by atoms with Crippen molar-refractivity contribution in [1.82, 2.24) is 14.0 Å². The minimum absolute atomic E-state index is 0.180. The Kier molecular flexibility index (Phi) is 6.28. The van der Waals surface area contributed by atoms with Crippen molar-refractivity contribution >= 4 is 17.6 Å². The SMILES string of the molecule is CN1CCCC(C(=O)Oc2cc(-n3c(=O)cc(C(F)(F)F)n(C)c3=O)c(F)cc2Cl)C1. The Hall–Kier alpha value is -2.66. The Labute approximate surface area is 178 Å². The van der Waals surface area contributed by atoms with E-state index in [0.717, 1.165) is 32.1 Å². The van der Waals surface area contributed by atoms with Gasteiger partial charge >= 0.3 is 17.8 Å². The number of carbonyl (C=O) groups is 1. The van der Waals surface area contributed by atoms with Crippen molar-refractivity contribution in [3.63, 3.8) is 0 Å². The number of ether oxygens (including phenoxy) is 1. The zero-order valence-corrected chi connectivity index (χ0v) is 17.3. The maximum Gasteiger partial charge on any atom is 0.431 e. The van der Waals surface area contributed by atoms with E-state index in [1.165, 1.54) is 0 Å². The fraction of sp³-hybridized carbons (Fsp3) is 0.421. The molecule has 0 spiro atoms. The summed E-state index contributed by atoms with van der Waals surface area (Å²) in [4.78, 5) is 39.1. The highest BCUT2D eigenvalue weighted by molar-refractivity contribution is 6.32. The first-order valence-electron chi connectivity index (χ1n) is 9.20. The smallest absolute Gasteiger partial charge is 0.425 e. The van der Waals surface area contributed by atoms with E-state index < -0.39 is 46.5 Å². The molecular formula is C19H18ClF4N3O4. The van der Waals surface area contributed by atoms with E-state index in [1.807, 2.05) is 11.9 Å². The van der Waals surface area contributed by atoms with Gasteiger partial charge in [-0.15, -0.1) is 0 Å². The van der Waals surface area contributed by atoms with Crippen LogP contribution in [0.3, 0.4) is 0 Å². The summed E-state index contributed by atoms with van der Waals surface area (Å²) in [6.45, 7) is 1.27. The van der Waals surface area contributed by atoms with Crippen molar-refractivity contribution in [2.24, 2.45) is 13.0 Å². The number of esters is 1. The minimum Gasteiger partial charge on any atom is -0.425 e. The van der Waals surface area contributed by atoms with Crippen LogP contribution in [0.1, 0.15) is 18.5 Å².